The van der Waals surface area contributed by atoms with Crippen LogP contribution in [0.25, 0.3) is 0 Å². The van der Waals surface area contributed by atoms with Gasteiger partial charge in [0.1, 0.15) is 0 Å². The van der Waals surface area contributed by atoms with E-state index < -0.39 is 0 Å². The van der Waals surface area contributed by atoms with Crippen LogP contribution >= 0.6 is 0 Å². The lowest BCUT2D eigenvalue weighted by Crippen LogP contribution is -2.11. The topological polar surface area (TPSA) is 37.6 Å². The summed E-state index contributed by atoms with van der Waals surface area (Å²) in [6, 6.07) is 20.7. The highest BCUT2D eigenvalue weighted by Gasteiger charge is 2.26. The first-order valence-corrected chi connectivity index (χ1v) is 20.0. The number of para-hydroxylation sites is 2. The average molecular weight is 642 g/mol. The Balaban J connectivity index is 1.24. The van der Waals surface area contributed by atoms with Crippen molar-refractivity contribution in [2.75, 3.05) is 0 Å². The number of benzene rings is 2. The van der Waals surface area contributed by atoms with Gasteiger partial charge in [-0.1, -0.05) is 120 Å². The molecule has 7 rings (SSSR count). The van der Waals surface area contributed by atoms with E-state index >= 15 is 0 Å². The van der Waals surface area contributed by atoms with Gasteiger partial charge < -0.3 is 0 Å². The second kappa shape index (κ2) is 16.1. The van der Waals surface area contributed by atoms with Crippen LogP contribution in [0, 0.1) is 0 Å². The highest BCUT2D eigenvalue weighted by Crippen LogP contribution is 2.46. The summed E-state index contributed by atoms with van der Waals surface area (Å²) in [6.45, 7) is 4.36. The first-order valence-electron chi connectivity index (χ1n) is 20.0. The van der Waals surface area contributed by atoms with Gasteiger partial charge >= 0.3 is 0 Å². The lowest BCUT2D eigenvalue weighted by Gasteiger charge is -2.28. The molecule has 48 heavy (non-hydrogen) atoms. The maximum atomic E-state index is 5.53. The molecule has 0 amide bonds. The zero-order valence-corrected chi connectivity index (χ0v) is 30.0. The number of hydrogen-bond acceptors (Lipinski definition) is 3. The van der Waals surface area contributed by atoms with E-state index in [2.05, 4.69) is 68.4 Å². The number of aromatic nitrogens is 1. The van der Waals surface area contributed by atoms with Gasteiger partial charge in [-0.05, 0) is 123 Å². The van der Waals surface area contributed by atoms with Crippen molar-refractivity contribution in [1.82, 2.24) is 4.98 Å². The predicted octanol–water partition coefficient (Wildman–Crippen LogP) is 13.6. The van der Waals surface area contributed by atoms with Crippen molar-refractivity contribution in [2.24, 2.45) is 9.98 Å². The van der Waals surface area contributed by atoms with Crippen LogP contribution in [0.4, 0.5) is 11.4 Å². The molecular formula is C45H59N3. The van der Waals surface area contributed by atoms with E-state index in [4.69, 9.17) is 15.0 Å². The largest absolute Gasteiger partial charge is 0.251 e. The Bertz CT molecular complexity index is 1390. The van der Waals surface area contributed by atoms with Gasteiger partial charge in [0.15, 0.2) is 0 Å². The Kier molecular flexibility index (Phi) is 11.2. The Labute approximate surface area is 291 Å². The molecule has 2 aromatic carbocycles. The number of pyridine rings is 1. The van der Waals surface area contributed by atoms with Crippen LogP contribution in [-0.4, -0.2) is 16.4 Å². The fourth-order valence-corrected chi connectivity index (χ4v) is 9.68. The van der Waals surface area contributed by atoms with Crippen LogP contribution in [-0.2, 0) is 0 Å². The van der Waals surface area contributed by atoms with Crippen LogP contribution in [0.3, 0.4) is 0 Å². The Hall–Kier alpha value is -3.07. The van der Waals surface area contributed by atoms with Crippen LogP contribution in [0.5, 0.6) is 0 Å². The highest BCUT2D eigenvalue weighted by molar-refractivity contribution is 6.02. The summed E-state index contributed by atoms with van der Waals surface area (Å²) in [4.78, 5) is 16.3. The molecule has 0 saturated heterocycles. The molecule has 4 aliphatic rings. The van der Waals surface area contributed by atoms with Gasteiger partial charge in [-0.3, -0.25) is 9.98 Å². The second-order valence-electron chi connectivity index (χ2n) is 15.7. The summed E-state index contributed by atoms with van der Waals surface area (Å²) >= 11 is 0. The minimum Gasteiger partial charge on any atom is -0.251 e. The Morgan fingerprint density at radius 1 is 0.417 bits per heavy atom. The fraction of sp³-hybridized carbons (Fsp3) is 0.578. The molecule has 0 aliphatic heterocycles. The number of hydrogen-bond donors (Lipinski definition) is 0. The van der Waals surface area contributed by atoms with Crippen molar-refractivity contribution in [1.29, 1.82) is 0 Å². The number of aliphatic imine (C=N–C) groups is 2. The summed E-state index contributed by atoms with van der Waals surface area (Å²) in [5, 5.41) is 0. The van der Waals surface area contributed by atoms with Gasteiger partial charge in [0, 0.05) is 0 Å². The normalized spacial score (nSPS) is 21.5. The molecule has 0 unspecified atom stereocenters. The molecule has 3 aromatic rings. The SMILES string of the molecule is CC(=Nc1c(C2CCCCC2)cccc1C1CCCCC1)c1cccc(C(C)=Nc2c(C3CCCCC3)cccc2C2CCCCC2)n1. The van der Waals surface area contributed by atoms with E-state index in [0.717, 1.165) is 22.8 Å². The quantitative estimate of drug-likeness (QED) is 0.226. The third-order valence-corrected chi connectivity index (χ3v) is 12.4. The number of nitrogens with zero attached hydrogens (tertiary/aromatic N) is 3. The predicted molar refractivity (Wildman–Crippen MR) is 204 cm³/mol. The Morgan fingerprint density at radius 3 is 0.979 bits per heavy atom. The summed E-state index contributed by atoms with van der Waals surface area (Å²) < 4.78 is 0. The smallest absolute Gasteiger partial charge is 0.0849 e. The molecule has 4 saturated carbocycles. The van der Waals surface area contributed by atoms with Crippen molar-refractivity contribution in [3.63, 3.8) is 0 Å². The van der Waals surface area contributed by atoms with E-state index in [0.29, 0.717) is 23.7 Å². The molecule has 254 valence electrons. The number of rotatable bonds is 8. The second-order valence-corrected chi connectivity index (χ2v) is 15.7. The summed E-state index contributed by atoms with van der Waals surface area (Å²) in [6.07, 6.45) is 26.6. The van der Waals surface area contributed by atoms with E-state index in [1.54, 1.807) is 0 Å². The van der Waals surface area contributed by atoms with Crippen LogP contribution in [0.2, 0.25) is 0 Å². The maximum Gasteiger partial charge on any atom is 0.0849 e. The van der Waals surface area contributed by atoms with Crippen LogP contribution in [0.15, 0.2) is 64.6 Å². The van der Waals surface area contributed by atoms with Gasteiger partial charge in [0.25, 0.3) is 0 Å². The molecule has 0 bridgehead atoms. The summed E-state index contributed by atoms with van der Waals surface area (Å²) in [5.74, 6) is 2.52. The standard InChI is InChI=1S/C45H59N3/c1-32(46-44-38(34-18-7-3-8-19-34)26-15-27-39(44)35-20-9-4-10-21-35)42-30-17-31-43(48-42)33(2)47-45-40(36-22-11-5-12-23-36)28-16-29-41(45)37-24-13-6-14-25-37/h15-17,26-31,34-37H,3-14,18-25H2,1-2H3. The first-order chi connectivity index (χ1) is 23.7. The minimum atomic E-state index is 0.630. The fourth-order valence-electron chi connectivity index (χ4n) is 9.68. The lowest BCUT2D eigenvalue weighted by atomic mass is 9.78. The van der Waals surface area contributed by atoms with Crippen LogP contribution < -0.4 is 0 Å². The van der Waals surface area contributed by atoms with Crippen molar-refractivity contribution < 1.29 is 0 Å². The molecular weight excluding hydrogens is 583 g/mol. The van der Waals surface area contributed by atoms with Crippen molar-refractivity contribution in [2.45, 2.75) is 166 Å². The van der Waals surface area contributed by atoms with Gasteiger partial charge in [-0.2, -0.15) is 0 Å². The molecule has 3 nitrogen and oxygen atoms in total. The van der Waals surface area contributed by atoms with E-state index in [1.165, 1.54) is 162 Å². The third kappa shape index (κ3) is 7.71. The molecule has 0 N–H and O–H groups in total. The summed E-state index contributed by atoms with van der Waals surface area (Å²) in [7, 11) is 0. The van der Waals surface area contributed by atoms with Crippen molar-refractivity contribution in [3.05, 3.63) is 88.2 Å². The van der Waals surface area contributed by atoms with E-state index in [-0.39, 0.29) is 0 Å². The molecule has 1 aromatic heterocycles. The minimum absolute atomic E-state index is 0.630. The van der Waals surface area contributed by atoms with Gasteiger partial charge in [0.2, 0.25) is 0 Å². The van der Waals surface area contributed by atoms with Crippen molar-refractivity contribution >= 4 is 22.8 Å². The van der Waals surface area contributed by atoms with Crippen LogP contribution in [0.1, 0.15) is 200 Å². The summed E-state index contributed by atoms with van der Waals surface area (Å²) in [5.41, 5.74) is 12.5. The molecule has 0 atom stereocenters. The molecule has 0 radical (unpaired) electrons. The van der Waals surface area contributed by atoms with Gasteiger partial charge in [0.05, 0.1) is 34.2 Å². The first kappa shape index (κ1) is 33.4. The molecule has 4 fully saturated rings. The zero-order valence-electron chi connectivity index (χ0n) is 30.0. The van der Waals surface area contributed by atoms with E-state index in [1.807, 2.05) is 0 Å². The third-order valence-electron chi connectivity index (χ3n) is 12.4. The maximum absolute atomic E-state index is 5.53. The lowest BCUT2D eigenvalue weighted by molar-refractivity contribution is 0.436. The van der Waals surface area contributed by atoms with Gasteiger partial charge in [-0.15, -0.1) is 0 Å². The highest BCUT2D eigenvalue weighted by atomic mass is 14.8. The molecule has 1 heterocycles. The van der Waals surface area contributed by atoms with Crippen molar-refractivity contribution in [3.8, 4) is 0 Å². The monoisotopic (exact) mass is 641 g/mol. The molecule has 3 heteroatoms. The Morgan fingerprint density at radius 2 is 0.688 bits per heavy atom. The molecule has 4 aliphatic carbocycles. The van der Waals surface area contributed by atoms with E-state index in [9.17, 15) is 0 Å². The molecule has 0 spiro atoms. The van der Waals surface area contributed by atoms with Gasteiger partial charge in [-0.25, -0.2) is 4.98 Å². The average Bonchev–Trinajstić information content (AvgIpc) is 3.16. The zero-order chi connectivity index (χ0) is 32.7.